The van der Waals surface area contributed by atoms with Crippen molar-refractivity contribution in [1.29, 1.82) is 0 Å². The number of hydrogen-bond acceptors (Lipinski definition) is 2. The zero-order chi connectivity index (χ0) is 14.1. The summed E-state index contributed by atoms with van der Waals surface area (Å²) in [6.45, 7) is 2.85. The molecule has 1 aromatic heterocycles. The van der Waals surface area contributed by atoms with Gasteiger partial charge in [-0.1, -0.05) is 6.92 Å². The van der Waals surface area contributed by atoms with E-state index in [1.54, 1.807) is 0 Å². The molecule has 0 unspecified atom stereocenters. The van der Waals surface area contributed by atoms with E-state index in [0.717, 1.165) is 18.9 Å². The molecule has 1 aliphatic rings. The number of halogens is 4. The molecule has 0 aromatic carbocycles. The maximum Gasteiger partial charge on any atom is 0.433 e. The van der Waals surface area contributed by atoms with Crippen molar-refractivity contribution in [2.24, 2.45) is 11.3 Å². The molecular formula is C13H16ClF3N2. The van der Waals surface area contributed by atoms with Gasteiger partial charge in [-0.2, -0.15) is 13.2 Å². The van der Waals surface area contributed by atoms with Gasteiger partial charge in [-0.15, -0.1) is 11.6 Å². The highest BCUT2D eigenvalue weighted by molar-refractivity contribution is 6.18. The van der Waals surface area contributed by atoms with E-state index >= 15 is 0 Å². The molecule has 6 heteroatoms. The van der Waals surface area contributed by atoms with Crippen LogP contribution >= 0.6 is 11.6 Å². The summed E-state index contributed by atoms with van der Waals surface area (Å²) >= 11 is 5.97. The monoisotopic (exact) mass is 292 g/mol. The fourth-order valence-corrected chi connectivity index (χ4v) is 2.99. The number of anilines is 1. The maximum absolute atomic E-state index is 12.4. The van der Waals surface area contributed by atoms with E-state index in [-0.39, 0.29) is 5.41 Å². The molecule has 1 aliphatic carbocycles. The fraction of sp³-hybridized carbons (Fsp3) is 0.615. The zero-order valence-electron chi connectivity index (χ0n) is 10.6. The van der Waals surface area contributed by atoms with Crippen molar-refractivity contribution in [3.63, 3.8) is 0 Å². The van der Waals surface area contributed by atoms with Gasteiger partial charge >= 0.3 is 6.18 Å². The molecule has 1 heterocycles. The molecule has 1 fully saturated rings. The molecule has 19 heavy (non-hydrogen) atoms. The van der Waals surface area contributed by atoms with Crippen molar-refractivity contribution >= 4 is 17.3 Å². The van der Waals surface area contributed by atoms with E-state index < -0.39 is 11.9 Å². The highest BCUT2D eigenvalue weighted by Gasteiger charge is 2.41. The first-order valence-corrected chi connectivity index (χ1v) is 6.71. The van der Waals surface area contributed by atoms with Crippen LogP contribution in [-0.4, -0.2) is 17.4 Å². The number of rotatable bonds is 4. The van der Waals surface area contributed by atoms with Crippen LogP contribution in [0.2, 0.25) is 0 Å². The van der Waals surface area contributed by atoms with E-state index in [4.69, 9.17) is 11.6 Å². The molecule has 0 spiro atoms. The van der Waals surface area contributed by atoms with Crippen LogP contribution in [0, 0.1) is 11.3 Å². The Bertz CT molecular complexity index is 425. The summed E-state index contributed by atoms with van der Waals surface area (Å²) in [5, 5.41) is 3.12. The average Bonchev–Trinajstić information content (AvgIpc) is 2.32. The topological polar surface area (TPSA) is 24.9 Å². The second-order valence-corrected chi connectivity index (χ2v) is 5.70. The molecule has 0 saturated heterocycles. The first-order valence-electron chi connectivity index (χ1n) is 6.18. The van der Waals surface area contributed by atoms with Gasteiger partial charge in [-0.25, -0.2) is 4.98 Å². The van der Waals surface area contributed by atoms with Crippen LogP contribution in [0.4, 0.5) is 18.9 Å². The minimum atomic E-state index is -4.39. The van der Waals surface area contributed by atoms with Crippen LogP contribution in [-0.2, 0) is 6.18 Å². The summed E-state index contributed by atoms with van der Waals surface area (Å²) in [7, 11) is 0. The molecule has 2 nitrogen and oxygen atoms in total. The van der Waals surface area contributed by atoms with Gasteiger partial charge in [0.2, 0.25) is 0 Å². The average molecular weight is 293 g/mol. The number of hydrogen-bond donors (Lipinski definition) is 1. The number of alkyl halides is 4. The summed E-state index contributed by atoms with van der Waals surface area (Å²) in [5.74, 6) is 1.24. The number of nitrogens with one attached hydrogen (secondary N) is 1. The van der Waals surface area contributed by atoms with Gasteiger partial charge in [0, 0.05) is 17.8 Å². The van der Waals surface area contributed by atoms with Crippen LogP contribution < -0.4 is 5.32 Å². The Balaban J connectivity index is 1.93. The third-order valence-electron chi connectivity index (χ3n) is 3.57. The van der Waals surface area contributed by atoms with Crippen molar-refractivity contribution in [2.45, 2.75) is 25.9 Å². The lowest BCUT2D eigenvalue weighted by molar-refractivity contribution is -0.141. The largest absolute Gasteiger partial charge is 0.433 e. The van der Waals surface area contributed by atoms with E-state index in [2.05, 4.69) is 17.2 Å². The van der Waals surface area contributed by atoms with Gasteiger partial charge in [0.1, 0.15) is 5.69 Å². The molecule has 1 aromatic rings. The lowest BCUT2D eigenvalue weighted by Crippen LogP contribution is -2.43. The van der Waals surface area contributed by atoms with Gasteiger partial charge in [0.15, 0.2) is 0 Å². The van der Waals surface area contributed by atoms with Crippen molar-refractivity contribution in [1.82, 2.24) is 4.98 Å². The molecule has 0 bridgehead atoms. The Morgan fingerprint density at radius 2 is 2.11 bits per heavy atom. The second-order valence-electron chi connectivity index (χ2n) is 5.43. The summed E-state index contributed by atoms with van der Waals surface area (Å²) in [4.78, 5) is 3.41. The third-order valence-corrected chi connectivity index (χ3v) is 4.13. The molecule has 106 valence electrons. The predicted octanol–water partition coefficient (Wildman–Crippen LogP) is 4.17. The van der Waals surface area contributed by atoms with E-state index in [1.165, 1.54) is 12.3 Å². The molecular weight excluding hydrogens is 277 g/mol. The summed E-state index contributed by atoms with van der Waals surface area (Å²) in [5.41, 5.74) is -0.205. The number of nitrogens with zero attached hydrogens (tertiary/aromatic N) is 1. The van der Waals surface area contributed by atoms with Gasteiger partial charge in [-0.05, 0) is 30.9 Å². The molecule has 2 rings (SSSR count). The molecule has 0 radical (unpaired) electrons. The smallest absolute Gasteiger partial charge is 0.383 e. The van der Waals surface area contributed by atoms with Crippen LogP contribution in [0.25, 0.3) is 0 Å². The van der Waals surface area contributed by atoms with Crippen LogP contribution in [0.3, 0.4) is 0 Å². The van der Waals surface area contributed by atoms with E-state index in [0.29, 0.717) is 24.0 Å². The van der Waals surface area contributed by atoms with Crippen molar-refractivity contribution in [3.05, 3.63) is 24.0 Å². The Labute approximate surface area is 115 Å². The van der Waals surface area contributed by atoms with E-state index in [9.17, 15) is 13.2 Å². The first kappa shape index (κ1) is 14.4. The molecule has 0 amide bonds. The van der Waals surface area contributed by atoms with Crippen molar-refractivity contribution in [2.75, 3.05) is 17.7 Å². The quantitative estimate of drug-likeness (QED) is 0.843. The highest BCUT2D eigenvalue weighted by atomic mass is 35.5. The van der Waals surface area contributed by atoms with Gasteiger partial charge < -0.3 is 5.32 Å². The third kappa shape index (κ3) is 3.32. The standard InChI is InChI=1S/C13H16ClF3N2/c1-9-4-12(5-9,7-14)8-19-10-2-3-11(18-6-10)13(15,16)17/h2-3,6,9,19H,4-5,7-8H2,1H3. The van der Waals surface area contributed by atoms with Crippen LogP contribution in [0.15, 0.2) is 18.3 Å². The maximum atomic E-state index is 12.4. The Morgan fingerprint density at radius 3 is 2.53 bits per heavy atom. The SMILES string of the molecule is CC1CC(CCl)(CNc2ccc(C(F)(F)F)nc2)C1. The second kappa shape index (κ2) is 5.19. The minimum absolute atomic E-state index is 0.0731. The zero-order valence-corrected chi connectivity index (χ0v) is 11.4. The van der Waals surface area contributed by atoms with E-state index in [1.807, 2.05) is 0 Å². The van der Waals surface area contributed by atoms with Crippen LogP contribution in [0.1, 0.15) is 25.5 Å². The Hall–Kier alpha value is -0.970. The van der Waals surface area contributed by atoms with Gasteiger partial charge in [0.05, 0.1) is 11.9 Å². The lowest BCUT2D eigenvalue weighted by atomic mass is 9.64. The molecule has 1 N–H and O–H groups in total. The lowest BCUT2D eigenvalue weighted by Gasteiger charge is -2.45. The highest BCUT2D eigenvalue weighted by Crippen LogP contribution is 2.46. The van der Waals surface area contributed by atoms with Crippen LogP contribution in [0.5, 0.6) is 0 Å². The van der Waals surface area contributed by atoms with Gasteiger partial charge in [-0.3, -0.25) is 0 Å². The Morgan fingerprint density at radius 1 is 1.42 bits per heavy atom. The molecule has 0 aliphatic heterocycles. The fourth-order valence-electron chi connectivity index (χ4n) is 2.67. The number of aromatic nitrogens is 1. The minimum Gasteiger partial charge on any atom is -0.383 e. The number of pyridine rings is 1. The van der Waals surface area contributed by atoms with Crippen molar-refractivity contribution in [3.8, 4) is 0 Å². The summed E-state index contributed by atoms with van der Waals surface area (Å²) < 4.78 is 37.1. The van der Waals surface area contributed by atoms with Gasteiger partial charge in [0.25, 0.3) is 0 Å². The summed E-state index contributed by atoms with van der Waals surface area (Å²) in [6, 6.07) is 2.39. The normalized spacial score (nSPS) is 26.9. The Kier molecular flexibility index (Phi) is 3.95. The van der Waals surface area contributed by atoms with Crippen molar-refractivity contribution < 1.29 is 13.2 Å². The first-order chi connectivity index (χ1) is 8.85. The summed E-state index contributed by atoms with van der Waals surface area (Å²) in [6.07, 6.45) is -1.07. The predicted molar refractivity (Wildman–Crippen MR) is 69.3 cm³/mol. The molecule has 0 atom stereocenters. The molecule has 1 saturated carbocycles.